The zero-order chi connectivity index (χ0) is 34.4. The summed E-state index contributed by atoms with van der Waals surface area (Å²) in [5.41, 5.74) is 9.70. The summed E-state index contributed by atoms with van der Waals surface area (Å²) in [7, 11) is 0. The van der Waals surface area contributed by atoms with Gasteiger partial charge in [-0.25, -0.2) is 4.98 Å². The molecule has 52 heavy (non-hydrogen) atoms. The molecule has 0 unspecified atom stereocenters. The molecule has 0 aliphatic heterocycles. The Balaban J connectivity index is 1.28. The van der Waals surface area contributed by atoms with Crippen molar-refractivity contribution in [2.45, 2.75) is 0 Å². The van der Waals surface area contributed by atoms with E-state index in [1.807, 2.05) is 54.6 Å². The Labute approximate surface area is 300 Å². The highest BCUT2D eigenvalue weighted by molar-refractivity contribution is 6.11. The summed E-state index contributed by atoms with van der Waals surface area (Å²) in [5.74, 6) is 0.561. The van der Waals surface area contributed by atoms with Crippen LogP contribution in [0.25, 0.3) is 55.3 Å². The quantitative estimate of drug-likeness (QED) is 0.169. The number of fused-ring (bicyclic) bond motifs is 5. The van der Waals surface area contributed by atoms with E-state index in [0.717, 1.165) is 72.5 Å². The van der Waals surface area contributed by atoms with Crippen molar-refractivity contribution in [2.75, 3.05) is 9.80 Å². The summed E-state index contributed by atoms with van der Waals surface area (Å²) in [6, 6.07) is 64.9. The molecule has 0 amide bonds. The molecule has 8 aromatic carbocycles. The minimum Gasteiger partial charge on any atom is -0.454 e. The zero-order valence-electron chi connectivity index (χ0n) is 28.1. The SMILES string of the molecule is c1ccc(-c2nc3cc(N(c4ccccc4)c4cccc5c4oc4ccccc45)cc(N(c4ccccc4)c4ccc5ccccc5c4)c3o2)cc1. The van der Waals surface area contributed by atoms with E-state index in [1.54, 1.807) is 0 Å². The van der Waals surface area contributed by atoms with Crippen LogP contribution in [0.5, 0.6) is 0 Å². The highest BCUT2D eigenvalue weighted by Crippen LogP contribution is 2.47. The first-order valence-corrected chi connectivity index (χ1v) is 17.4. The molecule has 0 spiro atoms. The molecule has 2 aromatic heterocycles. The third kappa shape index (κ3) is 5.07. The topological polar surface area (TPSA) is 45.7 Å². The first-order chi connectivity index (χ1) is 25.8. The normalized spacial score (nSPS) is 11.5. The lowest BCUT2D eigenvalue weighted by atomic mass is 10.1. The van der Waals surface area contributed by atoms with Crippen molar-refractivity contribution in [3.63, 3.8) is 0 Å². The van der Waals surface area contributed by atoms with Crippen LogP contribution in [0.4, 0.5) is 34.1 Å². The molecule has 0 aliphatic carbocycles. The molecule has 0 saturated carbocycles. The minimum atomic E-state index is 0.561. The van der Waals surface area contributed by atoms with Crippen molar-refractivity contribution in [1.82, 2.24) is 4.98 Å². The summed E-state index contributed by atoms with van der Waals surface area (Å²) in [5, 5.41) is 4.47. The number of nitrogens with zero attached hydrogens (tertiary/aromatic N) is 3. The van der Waals surface area contributed by atoms with Crippen LogP contribution in [0, 0.1) is 0 Å². The zero-order valence-corrected chi connectivity index (χ0v) is 28.1. The van der Waals surface area contributed by atoms with Gasteiger partial charge in [0.05, 0.1) is 17.1 Å². The standard InChI is InChI=1S/C47H31N3O2/c1-4-16-33(17-5-1)47-48-41-30-38(50(36-21-8-3-9-22-36)42-25-14-24-40-39-23-12-13-26-44(39)51-45(40)42)31-43(46(41)52-47)49(35-19-6-2-7-20-35)37-28-27-32-15-10-11-18-34(32)29-37/h1-31H. The predicted molar refractivity (Wildman–Crippen MR) is 214 cm³/mol. The second-order valence-corrected chi connectivity index (χ2v) is 12.8. The lowest BCUT2D eigenvalue weighted by Gasteiger charge is -2.29. The van der Waals surface area contributed by atoms with Gasteiger partial charge in [-0.05, 0) is 83.6 Å². The maximum atomic E-state index is 6.76. The molecule has 246 valence electrons. The minimum absolute atomic E-state index is 0.561. The van der Waals surface area contributed by atoms with Crippen molar-refractivity contribution in [2.24, 2.45) is 0 Å². The summed E-state index contributed by atoms with van der Waals surface area (Å²) >= 11 is 0. The van der Waals surface area contributed by atoms with Crippen LogP contribution in [0.15, 0.2) is 197 Å². The third-order valence-corrected chi connectivity index (χ3v) is 9.62. The van der Waals surface area contributed by atoms with Gasteiger partial charge in [0.25, 0.3) is 0 Å². The first-order valence-electron chi connectivity index (χ1n) is 17.4. The van der Waals surface area contributed by atoms with E-state index < -0.39 is 0 Å². The molecule has 0 N–H and O–H groups in total. The Hall–Kier alpha value is -7.11. The van der Waals surface area contributed by atoms with E-state index in [1.165, 1.54) is 5.39 Å². The molecule has 0 radical (unpaired) electrons. The van der Waals surface area contributed by atoms with Crippen LogP contribution in [0.2, 0.25) is 0 Å². The van der Waals surface area contributed by atoms with E-state index in [2.05, 4.69) is 143 Å². The van der Waals surface area contributed by atoms with Crippen LogP contribution in [-0.2, 0) is 0 Å². The van der Waals surface area contributed by atoms with E-state index in [0.29, 0.717) is 11.5 Å². The van der Waals surface area contributed by atoms with Gasteiger partial charge in [-0.3, -0.25) is 0 Å². The average molecular weight is 670 g/mol. The number of aromatic nitrogens is 1. The number of hydrogen-bond acceptors (Lipinski definition) is 5. The van der Waals surface area contributed by atoms with Crippen LogP contribution < -0.4 is 9.80 Å². The molecule has 5 heteroatoms. The Morgan fingerprint density at radius 3 is 1.79 bits per heavy atom. The fourth-order valence-electron chi connectivity index (χ4n) is 7.23. The number of para-hydroxylation sites is 4. The number of benzene rings is 8. The van der Waals surface area contributed by atoms with Crippen molar-refractivity contribution in [3.8, 4) is 11.5 Å². The summed E-state index contributed by atoms with van der Waals surface area (Å²) in [6.45, 7) is 0. The van der Waals surface area contributed by atoms with Gasteiger partial charge >= 0.3 is 0 Å². The van der Waals surface area contributed by atoms with Crippen molar-refractivity contribution in [3.05, 3.63) is 188 Å². The molecular weight excluding hydrogens is 639 g/mol. The summed E-state index contributed by atoms with van der Waals surface area (Å²) < 4.78 is 13.4. The van der Waals surface area contributed by atoms with Crippen molar-refractivity contribution in [1.29, 1.82) is 0 Å². The van der Waals surface area contributed by atoms with Gasteiger partial charge in [0.1, 0.15) is 11.1 Å². The van der Waals surface area contributed by atoms with Crippen LogP contribution in [0.3, 0.4) is 0 Å². The lowest BCUT2D eigenvalue weighted by Crippen LogP contribution is -2.13. The molecule has 10 aromatic rings. The first kappa shape index (κ1) is 29.8. The number of furan rings is 1. The molecule has 0 atom stereocenters. The van der Waals surface area contributed by atoms with E-state index in [-0.39, 0.29) is 0 Å². The molecule has 0 bridgehead atoms. The second-order valence-electron chi connectivity index (χ2n) is 12.8. The summed E-state index contributed by atoms with van der Waals surface area (Å²) in [6.07, 6.45) is 0. The van der Waals surface area contributed by atoms with Crippen molar-refractivity contribution >= 4 is 77.9 Å². The number of oxazole rings is 1. The van der Waals surface area contributed by atoms with E-state index >= 15 is 0 Å². The van der Waals surface area contributed by atoms with Crippen LogP contribution in [-0.4, -0.2) is 4.98 Å². The fourth-order valence-corrected chi connectivity index (χ4v) is 7.23. The molecule has 0 aliphatic rings. The Morgan fingerprint density at radius 1 is 0.385 bits per heavy atom. The van der Waals surface area contributed by atoms with Gasteiger partial charge in [0.15, 0.2) is 11.2 Å². The largest absolute Gasteiger partial charge is 0.454 e. The van der Waals surface area contributed by atoms with E-state index in [9.17, 15) is 0 Å². The number of anilines is 6. The lowest BCUT2D eigenvalue weighted by molar-refractivity contribution is 0.620. The fraction of sp³-hybridized carbons (Fsp3) is 0. The van der Waals surface area contributed by atoms with Crippen LogP contribution in [0.1, 0.15) is 0 Å². The van der Waals surface area contributed by atoms with Gasteiger partial charge in [-0.15, -0.1) is 0 Å². The smallest absolute Gasteiger partial charge is 0.227 e. The molecule has 5 nitrogen and oxygen atoms in total. The number of hydrogen-bond donors (Lipinski definition) is 0. The maximum absolute atomic E-state index is 6.76. The van der Waals surface area contributed by atoms with E-state index in [4.69, 9.17) is 13.8 Å². The Morgan fingerprint density at radius 2 is 1.02 bits per heavy atom. The molecule has 2 heterocycles. The highest BCUT2D eigenvalue weighted by atomic mass is 16.3. The number of rotatable bonds is 7. The highest BCUT2D eigenvalue weighted by Gasteiger charge is 2.25. The second kappa shape index (κ2) is 12.3. The third-order valence-electron chi connectivity index (χ3n) is 9.62. The molecule has 10 rings (SSSR count). The Kier molecular flexibility index (Phi) is 7.07. The van der Waals surface area contributed by atoms with Gasteiger partial charge in [0, 0.05) is 33.4 Å². The summed E-state index contributed by atoms with van der Waals surface area (Å²) in [4.78, 5) is 9.67. The maximum Gasteiger partial charge on any atom is 0.227 e. The predicted octanol–water partition coefficient (Wildman–Crippen LogP) is 13.5. The van der Waals surface area contributed by atoms with Gasteiger partial charge in [0.2, 0.25) is 5.89 Å². The average Bonchev–Trinajstić information content (AvgIpc) is 3.82. The van der Waals surface area contributed by atoms with Gasteiger partial charge in [-0.2, -0.15) is 0 Å². The molecule has 0 saturated heterocycles. The van der Waals surface area contributed by atoms with Crippen LogP contribution >= 0.6 is 0 Å². The monoisotopic (exact) mass is 669 g/mol. The van der Waals surface area contributed by atoms with Gasteiger partial charge in [-0.1, -0.05) is 115 Å². The molecule has 0 fully saturated rings. The van der Waals surface area contributed by atoms with Gasteiger partial charge < -0.3 is 18.6 Å². The van der Waals surface area contributed by atoms with Crippen molar-refractivity contribution < 1.29 is 8.83 Å². The Bertz CT molecular complexity index is 2860. The molecular formula is C47H31N3O2.